The lowest BCUT2D eigenvalue weighted by Crippen LogP contribution is -2.00. The molecule has 2 aromatic rings. The molecule has 0 saturated carbocycles. The van der Waals surface area contributed by atoms with Crippen LogP contribution in [0.1, 0.15) is 13.3 Å². The molecule has 5 N–H and O–H groups in total. The number of nitrogens with one attached hydrogen (secondary N) is 1. The van der Waals surface area contributed by atoms with Gasteiger partial charge in [-0.25, -0.2) is 4.98 Å². The molecule has 80 valence electrons. The van der Waals surface area contributed by atoms with E-state index >= 15 is 0 Å². The molecular weight excluding hydrogens is 208 g/mol. The number of nitrogen functional groups attached to an aromatic ring is 2. The SMILES string of the molecule is CCCNc1ccc(N)c2sc(N)nc12. The third-order valence-corrected chi connectivity index (χ3v) is 3.09. The van der Waals surface area contributed by atoms with Crippen molar-refractivity contribution in [2.24, 2.45) is 0 Å². The van der Waals surface area contributed by atoms with E-state index in [0.717, 1.165) is 34.6 Å². The molecule has 0 aliphatic heterocycles. The van der Waals surface area contributed by atoms with E-state index in [-0.39, 0.29) is 0 Å². The topological polar surface area (TPSA) is 77.0 Å². The van der Waals surface area contributed by atoms with E-state index in [9.17, 15) is 0 Å². The van der Waals surface area contributed by atoms with E-state index in [2.05, 4.69) is 17.2 Å². The van der Waals surface area contributed by atoms with Crippen molar-refractivity contribution < 1.29 is 0 Å². The highest BCUT2D eigenvalue weighted by Crippen LogP contribution is 2.33. The smallest absolute Gasteiger partial charge is 0.181 e. The Morgan fingerprint density at radius 2 is 2.20 bits per heavy atom. The van der Waals surface area contributed by atoms with Gasteiger partial charge in [-0.2, -0.15) is 0 Å². The lowest BCUT2D eigenvalue weighted by Gasteiger charge is -2.05. The highest BCUT2D eigenvalue weighted by molar-refractivity contribution is 7.22. The maximum Gasteiger partial charge on any atom is 0.181 e. The van der Waals surface area contributed by atoms with Crippen molar-refractivity contribution in [2.45, 2.75) is 13.3 Å². The van der Waals surface area contributed by atoms with Crippen LogP contribution in [0.15, 0.2) is 12.1 Å². The average Bonchev–Trinajstić information content (AvgIpc) is 2.60. The molecule has 0 saturated heterocycles. The lowest BCUT2D eigenvalue weighted by molar-refractivity contribution is 0.981. The van der Waals surface area contributed by atoms with Crippen LogP contribution in [0.4, 0.5) is 16.5 Å². The predicted octanol–water partition coefficient (Wildman–Crippen LogP) is 2.28. The van der Waals surface area contributed by atoms with Crippen molar-refractivity contribution >= 4 is 38.1 Å². The molecule has 0 spiro atoms. The van der Waals surface area contributed by atoms with Crippen LogP contribution in [-0.4, -0.2) is 11.5 Å². The van der Waals surface area contributed by atoms with Crippen molar-refractivity contribution in [1.29, 1.82) is 0 Å². The summed E-state index contributed by atoms with van der Waals surface area (Å²) in [4.78, 5) is 4.28. The lowest BCUT2D eigenvalue weighted by atomic mass is 10.2. The molecule has 0 amide bonds. The van der Waals surface area contributed by atoms with Gasteiger partial charge < -0.3 is 16.8 Å². The number of benzene rings is 1. The maximum absolute atomic E-state index is 5.85. The van der Waals surface area contributed by atoms with E-state index < -0.39 is 0 Å². The molecule has 0 aliphatic carbocycles. The highest BCUT2D eigenvalue weighted by Gasteiger charge is 2.08. The van der Waals surface area contributed by atoms with Crippen LogP contribution < -0.4 is 16.8 Å². The zero-order valence-electron chi connectivity index (χ0n) is 8.58. The number of rotatable bonds is 3. The van der Waals surface area contributed by atoms with Gasteiger partial charge in [-0.15, -0.1) is 0 Å². The van der Waals surface area contributed by atoms with Gasteiger partial charge in [0.2, 0.25) is 0 Å². The van der Waals surface area contributed by atoms with E-state index in [4.69, 9.17) is 11.5 Å². The minimum absolute atomic E-state index is 0.558. The molecule has 0 radical (unpaired) electrons. The summed E-state index contributed by atoms with van der Waals surface area (Å²) in [5, 5.41) is 3.87. The van der Waals surface area contributed by atoms with Crippen molar-refractivity contribution in [3.05, 3.63) is 12.1 Å². The third kappa shape index (κ3) is 1.83. The molecule has 0 fully saturated rings. The second kappa shape index (κ2) is 3.94. The molecule has 0 aliphatic rings. The van der Waals surface area contributed by atoms with Crippen LogP contribution >= 0.6 is 11.3 Å². The van der Waals surface area contributed by atoms with Crippen LogP contribution in [0.5, 0.6) is 0 Å². The van der Waals surface area contributed by atoms with Gasteiger partial charge in [-0.05, 0) is 18.6 Å². The van der Waals surface area contributed by atoms with Crippen LogP contribution in [0.3, 0.4) is 0 Å². The Hall–Kier alpha value is -1.49. The first-order valence-electron chi connectivity index (χ1n) is 4.90. The fourth-order valence-electron chi connectivity index (χ4n) is 1.44. The molecule has 0 bridgehead atoms. The maximum atomic E-state index is 5.85. The number of fused-ring (bicyclic) bond motifs is 1. The van der Waals surface area contributed by atoms with Crippen molar-refractivity contribution in [3.63, 3.8) is 0 Å². The summed E-state index contributed by atoms with van der Waals surface area (Å²) in [6, 6.07) is 3.84. The number of nitrogens with two attached hydrogens (primary N) is 2. The van der Waals surface area contributed by atoms with Crippen molar-refractivity contribution in [1.82, 2.24) is 4.98 Å². The summed E-state index contributed by atoms with van der Waals surface area (Å²) >= 11 is 1.43. The third-order valence-electron chi connectivity index (χ3n) is 2.16. The quantitative estimate of drug-likeness (QED) is 0.696. The van der Waals surface area contributed by atoms with Crippen molar-refractivity contribution in [3.8, 4) is 0 Å². The zero-order valence-corrected chi connectivity index (χ0v) is 9.40. The first-order valence-corrected chi connectivity index (χ1v) is 5.72. The normalized spacial score (nSPS) is 10.7. The van der Waals surface area contributed by atoms with Gasteiger partial charge in [0.1, 0.15) is 5.52 Å². The van der Waals surface area contributed by atoms with Gasteiger partial charge in [-0.1, -0.05) is 18.3 Å². The standard InChI is InChI=1S/C10H14N4S/c1-2-5-13-7-4-3-6(11)9-8(7)14-10(12)15-9/h3-4,13H,2,5,11H2,1H3,(H2,12,14). The Kier molecular flexibility index (Phi) is 2.64. The van der Waals surface area contributed by atoms with Crippen LogP contribution in [0.25, 0.3) is 10.2 Å². The molecule has 5 heteroatoms. The molecule has 1 aromatic heterocycles. The molecule has 1 heterocycles. The predicted molar refractivity (Wildman–Crippen MR) is 67.2 cm³/mol. The first-order chi connectivity index (χ1) is 7.22. The molecule has 1 aromatic carbocycles. The Bertz CT molecular complexity index is 477. The Balaban J connectivity index is 2.50. The number of hydrogen-bond acceptors (Lipinski definition) is 5. The number of hydrogen-bond donors (Lipinski definition) is 3. The zero-order chi connectivity index (χ0) is 10.8. The Morgan fingerprint density at radius 1 is 1.40 bits per heavy atom. The summed E-state index contributed by atoms with van der Waals surface area (Å²) in [7, 11) is 0. The van der Waals surface area contributed by atoms with Crippen LogP contribution in [-0.2, 0) is 0 Å². The van der Waals surface area contributed by atoms with Gasteiger partial charge in [0.05, 0.1) is 16.1 Å². The van der Waals surface area contributed by atoms with Gasteiger partial charge >= 0.3 is 0 Å². The summed E-state index contributed by atoms with van der Waals surface area (Å²) < 4.78 is 0.966. The summed E-state index contributed by atoms with van der Waals surface area (Å²) in [5.74, 6) is 0. The fraction of sp³-hybridized carbons (Fsp3) is 0.300. The van der Waals surface area contributed by atoms with E-state index in [0.29, 0.717) is 5.13 Å². The van der Waals surface area contributed by atoms with E-state index in [1.165, 1.54) is 11.3 Å². The highest BCUT2D eigenvalue weighted by atomic mass is 32.1. The van der Waals surface area contributed by atoms with Gasteiger partial charge in [0.15, 0.2) is 5.13 Å². The first kappa shape index (κ1) is 10.0. The average molecular weight is 222 g/mol. The summed E-state index contributed by atoms with van der Waals surface area (Å²) in [5.41, 5.74) is 14.2. The second-order valence-corrected chi connectivity index (χ2v) is 4.39. The molecular formula is C10H14N4S. The number of nitrogens with zero attached hydrogens (tertiary/aromatic N) is 1. The molecule has 0 atom stereocenters. The molecule has 4 nitrogen and oxygen atoms in total. The number of thiazole rings is 1. The minimum Gasteiger partial charge on any atom is -0.398 e. The summed E-state index contributed by atoms with van der Waals surface area (Å²) in [6.45, 7) is 3.05. The van der Waals surface area contributed by atoms with Crippen molar-refractivity contribution in [2.75, 3.05) is 23.3 Å². The molecule has 0 unspecified atom stereocenters. The van der Waals surface area contributed by atoms with E-state index in [1.807, 2.05) is 12.1 Å². The number of anilines is 3. The van der Waals surface area contributed by atoms with Crippen LogP contribution in [0.2, 0.25) is 0 Å². The summed E-state index contributed by atoms with van der Waals surface area (Å²) in [6.07, 6.45) is 1.07. The molecule has 15 heavy (non-hydrogen) atoms. The Labute approximate surface area is 92.3 Å². The van der Waals surface area contributed by atoms with E-state index in [1.54, 1.807) is 0 Å². The largest absolute Gasteiger partial charge is 0.398 e. The second-order valence-electron chi connectivity index (χ2n) is 3.36. The number of aromatic nitrogens is 1. The fourth-order valence-corrected chi connectivity index (χ4v) is 2.23. The van der Waals surface area contributed by atoms with Gasteiger partial charge in [0, 0.05) is 6.54 Å². The minimum atomic E-state index is 0.558. The molecule has 2 rings (SSSR count). The monoisotopic (exact) mass is 222 g/mol. The van der Waals surface area contributed by atoms with Crippen LogP contribution in [0, 0.1) is 0 Å². The van der Waals surface area contributed by atoms with Gasteiger partial charge in [-0.3, -0.25) is 0 Å². The van der Waals surface area contributed by atoms with Gasteiger partial charge in [0.25, 0.3) is 0 Å². The Morgan fingerprint density at radius 3 is 2.93 bits per heavy atom.